The number of nitrogens with one attached hydrogen (secondary N) is 2. The van der Waals surface area contributed by atoms with Crippen LogP contribution in [0.4, 0.5) is 14.5 Å². The fraction of sp³-hybridized carbons (Fsp3) is 0.0952. The minimum absolute atomic E-state index is 0.0916. The zero-order valence-electron chi connectivity index (χ0n) is 15.2. The highest BCUT2D eigenvalue weighted by Gasteiger charge is 2.26. The molecule has 3 aromatic rings. The summed E-state index contributed by atoms with van der Waals surface area (Å²) in [6, 6.07) is 17.2. The molecule has 0 bridgehead atoms. The van der Waals surface area contributed by atoms with Crippen molar-refractivity contribution in [1.29, 1.82) is 0 Å². The molecule has 0 fully saturated rings. The monoisotopic (exact) mass is 416 g/mol. The summed E-state index contributed by atoms with van der Waals surface area (Å²) in [6.07, 6.45) is 0.0916. The first-order valence-corrected chi connectivity index (χ1v) is 10.2. The number of benzene rings is 3. The highest BCUT2D eigenvalue weighted by molar-refractivity contribution is 7.89. The highest BCUT2D eigenvalue weighted by atomic mass is 32.2. The zero-order valence-corrected chi connectivity index (χ0v) is 16.0. The van der Waals surface area contributed by atoms with Crippen LogP contribution in [0.15, 0.2) is 83.8 Å². The normalized spacial score (nSPS) is 12.3. The number of amides is 1. The summed E-state index contributed by atoms with van der Waals surface area (Å²) in [7, 11) is -4.08. The van der Waals surface area contributed by atoms with Crippen molar-refractivity contribution in [2.75, 3.05) is 5.32 Å². The first-order chi connectivity index (χ1) is 13.8. The van der Waals surface area contributed by atoms with E-state index < -0.39 is 33.6 Å². The lowest BCUT2D eigenvalue weighted by atomic mass is 10.1. The third-order valence-electron chi connectivity index (χ3n) is 4.13. The van der Waals surface area contributed by atoms with E-state index in [0.29, 0.717) is 5.69 Å². The molecular weight excluding hydrogens is 398 g/mol. The summed E-state index contributed by atoms with van der Waals surface area (Å²) in [5, 5.41) is 2.58. The van der Waals surface area contributed by atoms with Crippen LogP contribution in [-0.2, 0) is 21.2 Å². The van der Waals surface area contributed by atoms with Crippen molar-refractivity contribution in [1.82, 2.24) is 4.72 Å². The quantitative estimate of drug-likeness (QED) is 0.619. The van der Waals surface area contributed by atoms with Gasteiger partial charge in [-0.05, 0) is 60.5 Å². The molecule has 0 radical (unpaired) electrons. The number of hydrogen-bond donors (Lipinski definition) is 2. The molecule has 3 rings (SSSR count). The molecule has 5 nitrogen and oxygen atoms in total. The molecule has 1 amide bonds. The second-order valence-corrected chi connectivity index (χ2v) is 8.03. The molecule has 150 valence electrons. The van der Waals surface area contributed by atoms with Gasteiger partial charge in [-0.15, -0.1) is 0 Å². The predicted octanol–water partition coefficient (Wildman–Crippen LogP) is 3.49. The number of halogens is 2. The number of hydrogen-bond acceptors (Lipinski definition) is 3. The highest BCUT2D eigenvalue weighted by Crippen LogP contribution is 2.14. The van der Waals surface area contributed by atoms with Gasteiger partial charge in [0.25, 0.3) is 0 Å². The Morgan fingerprint density at radius 3 is 1.97 bits per heavy atom. The van der Waals surface area contributed by atoms with Gasteiger partial charge in [-0.25, -0.2) is 17.2 Å². The van der Waals surface area contributed by atoms with Crippen molar-refractivity contribution in [3.8, 4) is 0 Å². The van der Waals surface area contributed by atoms with Crippen LogP contribution in [0, 0.1) is 11.6 Å². The topological polar surface area (TPSA) is 75.3 Å². The van der Waals surface area contributed by atoms with E-state index in [1.807, 2.05) is 0 Å². The van der Waals surface area contributed by atoms with Crippen molar-refractivity contribution < 1.29 is 22.0 Å². The van der Waals surface area contributed by atoms with Crippen LogP contribution in [-0.4, -0.2) is 20.4 Å². The van der Waals surface area contributed by atoms with E-state index in [2.05, 4.69) is 10.0 Å². The molecule has 2 N–H and O–H groups in total. The summed E-state index contributed by atoms with van der Waals surface area (Å²) in [5.74, 6) is -1.63. The summed E-state index contributed by atoms with van der Waals surface area (Å²) < 4.78 is 53.9. The van der Waals surface area contributed by atoms with E-state index in [9.17, 15) is 22.0 Å². The van der Waals surface area contributed by atoms with E-state index in [-0.39, 0.29) is 11.3 Å². The minimum atomic E-state index is -4.08. The average Bonchev–Trinajstić information content (AvgIpc) is 2.70. The van der Waals surface area contributed by atoms with Gasteiger partial charge in [-0.1, -0.05) is 30.3 Å². The molecule has 1 unspecified atom stereocenters. The van der Waals surface area contributed by atoms with E-state index in [1.165, 1.54) is 24.3 Å². The molecular formula is C21H18F2N2O3S. The molecule has 0 heterocycles. The first-order valence-electron chi connectivity index (χ1n) is 8.72. The lowest BCUT2D eigenvalue weighted by Gasteiger charge is -2.19. The molecule has 0 aromatic heterocycles. The molecule has 1 atom stereocenters. The SMILES string of the molecule is O=C(Nc1ccc(F)cc1)C(Cc1ccccc1)NS(=O)(=O)c1ccc(F)cc1. The third-order valence-corrected chi connectivity index (χ3v) is 5.62. The maximum Gasteiger partial charge on any atom is 0.242 e. The number of carbonyl (C=O) groups is 1. The maximum atomic E-state index is 13.1. The van der Waals surface area contributed by atoms with Crippen LogP contribution in [0.25, 0.3) is 0 Å². The van der Waals surface area contributed by atoms with Crippen LogP contribution in [0.3, 0.4) is 0 Å². The molecule has 0 aliphatic heterocycles. The predicted molar refractivity (Wildman–Crippen MR) is 106 cm³/mol. The minimum Gasteiger partial charge on any atom is -0.325 e. The summed E-state index contributed by atoms with van der Waals surface area (Å²) in [4.78, 5) is 12.6. The Bertz CT molecular complexity index is 1070. The number of rotatable bonds is 7. The largest absolute Gasteiger partial charge is 0.325 e. The molecule has 8 heteroatoms. The van der Waals surface area contributed by atoms with Crippen molar-refractivity contribution in [3.63, 3.8) is 0 Å². The van der Waals surface area contributed by atoms with Gasteiger partial charge in [0.2, 0.25) is 15.9 Å². The van der Waals surface area contributed by atoms with E-state index in [0.717, 1.165) is 29.8 Å². The Morgan fingerprint density at radius 2 is 1.38 bits per heavy atom. The standard InChI is InChI=1S/C21H18F2N2O3S/c22-16-6-10-18(11-7-16)24-21(26)20(14-15-4-2-1-3-5-15)25-29(27,28)19-12-8-17(23)9-13-19/h1-13,20,25H,14H2,(H,24,26). The maximum absolute atomic E-state index is 13.1. The second-order valence-electron chi connectivity index (χ2n) is 6.31. The van der Waals surface area contributed by atoms with Crippen LogP contribution in [0.5, 0.6) is 0 Å². The Balaban J connectivity index is 1.84. The Morgan fingerprint density at radius 1 is 0.828 bits per heavy atom. The molecule has 0 spiro atoms. The van der Waals surface area contributed by atoms with Crippen molar-refractivity contribution in [2.24, 2.45) is 0 Å². The smallest absolute Gasteiger partial charge is 0.242 e. The molecule has 0 saturated heterocycles. The number of anilines is 1. The van der Waals surface area contributed by atoms with Gasteiger partial charge in [-0.3, -0.25) is 4.79 Å². The summed E-state index contributed by atoms with van der Waals surface area (Å²) in [5.41, 5.74) is 1.07. The second kappa shape index (κ2) is 8.93. The van der Waals surface area contributed by atoms with Crippen molar-refractivity contribution >= 4 is 21.6 Å². The molecule has 3 aromatic carbocycles. The van der Waals surface area contributed by atoms with E-state index in [1.54, 1.807) is 30.3 Å². The van der Waals surface area contributed by atoms with Crippen LogP contribution in [0.1, 0.15) is 5.56 Å². The van der Waals surface area contributed by atoms with Crippen LogP contribution < -0.4 is 10.0 Å². The lowest BCUT2D eigenvalue weighted by Crippen LogP contribution is -2.45. The Hall–Kier alpha value is -3.10. The Labute approximate surface area is 167 Å². The van der Waals surface area contributed by atoms with Gasteiger partial charge in [0, 0.05) is 5.69 Å². The van der Waals surface area contributed by atoms with Crippen LogP contribution in [0.2, 0.25) is 0 Å². The fourth-order valence-corrected chi connectivity index (χ4v) is 3.86. The third kappa shape index (κ3) is 5.69. The van der Waals surface area contributed by atoms with Gasteiger partial charge in [0.05, 0.1) is 4.90 Å². The van der Waals surface area contributed by atoms with Gasteiger partial charge in [-0.2, -0.15) is 4.72 Å². The van der Waals surface area contributed by atoms with Gasteiger partial charge in [0.15, 0.2) is 0 Å². The molecule has 0 aliphatic rings. The molecule has 0 aliphatic carbocycles. The van der Waals surface area contributed by atoms with E-state index in [4.69, 9.17) is 0 Å². The molecule has 29 heavy (non-hydrogen) atoms. The number of carbonyl (C=O) groups excluding carboxylic acids is 1. The molecule has 0 saturated carbocycles. The van der Waals surface area contributed by atoms with E-state index >= 15 is 0 Å². The Kier molecular flexibility index (Phi) is 6.36. The summed E-state index contributed by atoms with van der Waals surface area (Å²) >= 11 is 0. The lowest BCUT2D eigenvalue weighted by molar-refractivity contribution is -0.117. The fourth-order valence-electron chi connectivity index (χ4n) is 2.67. The van der Waals surface area contributed by atoms with Crippen molar-refractivity contribution in [2.45, 2.75) is 17.4 Å². The summed E-state index contributed by atoms with van der Waals surface area (Å²) in [6.45, 7) is 0. The zero-order chi connectivity index (χ0) is 20.9. The van der Waals surface area contributed by atoms with Gasteiger partial charge in [0.1, 0.15) is 17.7 Å². The van der Waals surface area contributed by atoms with Crippen molar-refractivity contribution in [3.05, 3.63) is 96.1 Å². The van der Waals surface area contributed by atoms with Gasteiger partial charge >= 0.3 is 0 Å². The van der Waals surface area contributed by atoms with Crippen LogP contribution >= 0.6 is 0 Å². The van der Waals surface area contributed by atoms with Gasteiger partial charge < -0.3 is 5.32 Å². The first kappa shape index (κ1) is 20.6. The number of sulfonamides is 1. The average molecular weight is 416 g/mol.